The van der Waals surface area contributed by atoms with Crippen LogP contribution in [0.25, 0.3) is 6.08 Å². The average Bonchev–Trinajstić information content (AvgIpc) is 2.76. The van der Waals surface area contributed by atoms with Gasteiger partial charge in [-0.15, -0.1) is 0 Å². The molecule has 0 saturated carbocycles. The molecule has 0 bridgehead atoms. The third kappa shape index (κ3) is 4.14. The lowest BCUT2D eigenvalue weighted by Gasteiger charge is -2.12. The molecule has 0 N–H and O–H groups in total. The van der Waals surface area contributed by atoms with Gasteiger partial charge in [0.05, 0.1) is 16.4 Å². The number of nitrogens with zero attached hydrogens (tertiary/aromatic N) is 2. The van der Waals surface area contributed by atoms with Gasteiger partial charge in [-0.3, -0.25) is 24.6 Å². The van der Waals surface area contributed by atoms with Crippen molar-refractivity contribution in [3.05, 3.63) is 44.8 Å². The standard InChI is InChI=1S/C14H12N2O5S2/c1-2-21-12(17)8-15-13(18)11(23-14(15)22)7-9-3-5-10(6-4-9)16(19)20/h3-7H,2,8H2,1H3/b11-7-. The number of amides is 1. The maximum absolute atomic E-state index is 12.3. The van der Waals surface area contributed by atoms with Gasteiger partial charge in [-0.1, -0.05) is 24.0 Å². The molecule has 0 aromatic heterocycles. The minimum Gasteiger partial charge on any atom is -0.465 e. The van der Waals surface area contributed by atoms with Crippen LogP contribution >= 0.6 is 24.0 Å². The molecule has 120 valence electrons. The largest absolute Gasteiger partial charge is 0.465 e. The molecule has 9 heteroatoms. The Hall–Kier alpha value is -2.26. The Kier molecular flexibility index (Phi) is 5.45. The topological polar surface area (TPSA) is 89.8 Å². The predicted octanol–water partition coefficient (Wildman–Crippen LogP) is 2.36. The van der Waals surface area contributed by atoms with Crippen LogP contribution in [-0.4, -0.2) is 39.2 Å². The summed E-state index contributed by atoms with van der Waals surface area (Å²) in [4.78, 5) is 35.4. The van der Waals surface area contributed by atoms with Crippen LogP contribution < -0.4 is 0 Å². The molecule has 1 amide bonds. The molecule has 23 heavy (non-hydrogen) atoms. The number of thiocarbonyl (C=S) groups is 1. The number of non-ortho nitro benzene ring substituents is 1. The predicted molar refractivity (Wildman–Crippen MR) is 89.6 cm³/mol. The Labute approximate surface area is 141 Å². The second-order valence-corrected chi connectivity index (χ2v) is 6.10. The Morgan fingerprint density at radius 1 is 1.43 bits per heavy atom. The molecule has 0 spiro atoms. The maximum atomic E-state index is 12.3. The quantitative estimate of drug-likeness (QED) is 0.264. The summed E-state index contributed by atoms with van der Waals surface area (Å²) in [7, 11) is 0. The third-order valence-corrected chi connectivity index (χ3v) is 4.25. The molecule has 0 atom stereocenters. The van der Waals surface area contributed by atoms with E-state index in [4.69, 9.17) is 17.0 Å². The molecule has 7 nitrogen and oxygen atoms in total. The lowest BCUT2D eigenvalue weighted by Crippen LogP contribution is -2.34. The lowest BCUT2D eigenvalue weighted by atomic mass is 10.2. The van der Waals surface area contributed by atoms with Gasteiger partial charge in [-0.25, -0.2) is 0 Å². The number of nitro groups is 1. The van der Waals surface area contributed by atoms with Crippen LogP contribution in [0, 0.1) is 10.1 Å². The van der Waals surface area contributed by atoms with E-state index in [9.17, 15) is 19.7 Å². The van der Waals surface area contributed by atoms with Crippen LogP contribution in [0.3, 0.4) is 0 Å². The van der Waals surface area contributed by atoms with E-state index in [1.54, 1.807) is 13.0 Å². The highest BCUT2D eigenvalue weighted by Gasteiger charge is 2.33. The van der Waals surface area contributed by atoms with Crippen LogP contribution in [0.15, 0.2) is 29.2 Å². The zero-order valence-corrected chi connectivity index (χ0v) is 13.7. The van der Waals surface area contributed by atoms with E-state index >= 15 is 0 Å². The Morgan fingerprint density at radius 2 is 2.09 bits per heavy atom. The summed E-state index contributed by atoms with van der Waals surface area (Å²) < 4.78 is 5.08. The molecular formula is C14H12N2O5S2. The van der Waals surface area contributed by atoms with E-state index in [1.807, 2.05) is 0 Å². The van der Waals surface area contributed by atoms with E-state index < -0.39 is 10.9 Å². The molecule has 1 aliphatic heterocycles. The Bertz CT molecular complexity index is 700. The highest BCUT2D eigenvalue weighted by molar-refractivity contribution is 8.26. The van der Waals surface area contributed by atoms with Crippen molar-refractivity contribution < 1.29 is 19.2 Å². The highest BCUT2D eigenvalue weighted by atomic mass is 32.2. The number of thioether (sulfide) groups is 1. The number of carbonyl (C=O) groups excluding carboxylic acids is 2. The Balaban J connectivity index is 2.14. The molecule has 1 aromatic rings. The van der Waals surface area contributed by atoms with Gasteiger partial charge in [0, 0.05) is 12.1 Å². The zero-order valence-electron chi connectivity index (χ0n) is 12.1. The van der Waals surface area contributed by atoms with E-state index in [2.05, 4.69) is 0 Å². The van der Waals surface area contributed by atoms with Crippen molar-refractivity contribution in [2.24, 2.45) is 0 Å². The molecule has 1 aliphatic rings. The number of esters is 1. The monoisotopic (exact) mass is 352 g/mol. The first-order valence-corrected chi connectivity index (χ1v) is 7.80. The minimum atomic E-state index is -0.527. The maximum Gasteiger partial charge on any atom is 0.326 e. The summed E-state index contributed by atoms with van der Waals surface area (Å²) in [6.07, 6.45) is 1.58. The van der Waals surface area contributed by atoms with Gasteiger partial charge in [0.15, 0.2) is 0 Å². The van der Waals surface area contributed by atoms with Crippen molar-refractivity contribution in [1.29, 1.82) is 0 Å². The van der Waals surface area contributed by atoms with E-state index in [1.165, 1.54) is 29.2 Å². The number of rotatable bonds is 5. The van der Waals surface area contributed by atoms with E-state index in [0.29, 0.717) is 10.5 Å². The van der Waals surface area contributed by atoms with Crippen LogP contribution in [-0.2, 0) is 14.3 Å². The van der Waals surface area contributed by atoms with Gasteiger partial charge in [0.1, 0.15) is 10.9 Å². The fourth-order valence-electron chi connectivity index (χ4n) is 1.82. The first kappa shape index (κ1) is 17.1. The number of ether oxygens (including phenoxy) is 1. The third-order valence-electron chi connectivity index (χ3n) is 2.87. The lowest BCUT2D eigenvalue weighted by molar-refractivity contribution is -0.384. The molecule has 0 unspecified atom stereocenters. The molecule has 0 aliphatic carbocycles. The summed E-state index contributed by atoms with van der Waals surface area (Å²) in [5, 5.41) is 10.6. The van der Waals surface area contributed by atoms with Crippen molar-refractivity contribution in [3.8, 4) is 0 Å². The normalized spacial score (nSPS) is 16.0. The SMILES string of the molecule is CCOC(=O)CN1C(=O)/C(=C/c2ccc([N+](=O)[O-])cc2)SC1=S. The number of carbonyl (C=O) groups is 2. The van der Waals surface area contributed by atoms with Crippen LogP contribution in [0.5, 0.6) is 0 Å². The molecule has 0 radical (unpaired) electrons. The Morgan fingerprint density at radius 3 is 2.65 bits per heavy atom. The van der Waals surface area contributed by atoms with Crippen molar-refractivity contribution in [1.82, 2.24) is 4.90 Å². The number of benzene rings is 1. The number of hydrogen-bond acceptors (Lipinski definition) is 7. The summed E-state index contributed by atoms with van der Waals surface area (Å²) in [6.45, 7) is 1.68. The van der Waals surface area contributed by atoms with Gasteiger partial charge in [-0.2, -0.15) is 0 Å². The first-order chi connectivity index (χ1) is 10.9. The highest BCUT2D eigenvalue weighted by Crippen LogP contribution is 2.32. The second-order valence-electron chi connectivity index (χ2n) is 4.42. The van der Waals surface area contributed by atoms with Gasteiger partial charge in [0.25, 0.3) is 11.6 Å². The van der Waals surface area contributed by atoms with Gasteiger partial charge in [0.2, 0.25) is 0 Å². The van der Waals surface area contributed by atoms with Crippen molar-refractivity contribution >= 4 is 51.9 Å². The summed E-state index contributed by atoms with van der Waals surface area (Å²) in [5.74, 6) is -0.910. The van der Waals surface area contributed by atoms with Crippen molar-refractivity contribution in [2.45, 2.75) is 6.92 Å². The van der Waals surface area contributed by atoms with Crippen LogP contribution in [0.1, 0.15) is 12.5 Å². The minimum absolute atomic E-state index is 0.0305. The van der Waals surface area contributed by atoms with Crippen LogP contribution in [0.2, 0.25) is 0 Å². The van der Waals surface area contributed by atoms with Crippen molar-refractivity contribution in [2.75, 3.05) is 13.2 Å². The molecule has 1 heterocycles. The molecule has 1 saturated heterocycles. The second kappa shape index (κ2) is 7.34. The van der Waals surface area contributed by atoms with Crippen LogP contribution in [0.4, 0.5) is 5.69 Å². The van der Waals surface area contributed by atoms with Crippen molar-refractivity contribution in [3.63, 3.8) is 0 Å². The summed E-state index contributed by atoms with van der Waals surface area (Å²) in [5.41, 5.74) is 0.601. The van der Waals surface area contributed by atoms with Gasteiger partial charge in [-0.05, 0) is 30.7 Å². The van der Waals surface area contributed by atoms with E-state index in [0.717, 1.165) is 11.8 Å². The van der Waals surface area contributed by atoms with Gasteiger partial charge >= 0.3 is 5.97 Å². The molecule has 2 rings (SSSR count). The van der Waals surface area contributed by atoms with E-state index in [-0.39, 0.29) is 29.1 Å². The molecule has 1 fully saturated rings. The molecule has 1 aromatic carbocycles. The summed E-state index contributed by atoms with van der Waals surface area (Å²) >= 11 is 6.17. The smallest absolute Gasteiger partial charge is 0.326 e. The zero-order chi connectivity index (χ0) is 17.0. The molecular weight excluding hydrogens is 340 g/mol. The van der Waals surface area contributed by atoms with Gasteiger partial charge < -0.3 is 4.74 Å². The number of hydrogen-bond donors (Lipinski definition) is 0. The number of nitro benzene ring substituents is 1. The average molecular weight is 352 g/mol. The summed E-state index contributed by atoms with van der Waals surface area (Å²) in [6, 6.07) is 5.78. The fourth-order valence-corrected chi connectivity index (χ4v) is 3.07. The first-order valence-electron chi connectivity index (χ1n) is 6.57. The fraction of sp³-hybridized carbons (Fsp3) is 0.214.